The van der Waals surface area contributed by atoms with Gasteiger partial charge in [-0.3, -0.25) is 9.59 Å². The van der Waals surface area contributed by atoms with E-state index in [4.69, 9.17) is 4.74 Å². The summed E-state index contributed by atoms with van der Waals surface area (Å²) in [5, 5.41) is 0. The molecule has 166 valence electrons. The van der Waals surface area contributed by atoms with Crippen LogP contribution in [0.15, 0.2) is 0 Å². The van der Waals surface area contributed by atoms with E-state index in [0.29, 0.717) is 18.8 Å². The number of esters is 2. The SMILES string of the molecule is CCC(CCCCCCCCCCCCCCCC(=O)OC)CCC(=O)OC. The van der Waals surface area contributed by atoms with Gasteiger partial charge in [-0.2, -0.15) is 0 Å². The highest BCUT2D eigenvalue weighted by Crippen LogP contribution is 2.20. The molecule has 0 aliphatic heterocycles. The lowest BCUT2D eigenvalue weighted by Gasteiger charge is -2.13. The average Bonchev–Trinajstić information content (AvgIpc) is 2.72. The molecule has 0 N–H and O–H groups in total. The molecule has 0 spiro atoms. The van der Waals surface area contributed by atoms with Gasteiger partial charge in [-0.25, -0.2) is 0 Å². The highest BCUT2D eigenvalue weighted by atomic mass is 16.5. The Bertz CT molecular complexity index is 368. The summed E-state index contributed by atoms with van der Waals surface area (Å²) >= 11 is 0. The molecule has 0 bridgehead atoms. The number of methoxy groups -OCH3 is 2. The van der Waals surface area contributed by atoms with Crippen LogP contribution in [0.2, 0.25) is 0 Å². The lowest BCUT2D eigenvalue weighted by Crippen LogP contribution is -2.06. The summed E-state index contributed by atoms with van der Waals surface area (Å²) in [4.78, 5) is 22.2. The van der Waals surface area contributed by atoms with Gasteiger partial charge in [-0.1, -0.05) is 96.8 Å². The van der Waals surface area contributed by atoms with Gasteiger partial charge < -0.3 is 9.47 Å². The molecule has 1 unspecified atom stereocenters. The van der Waals surface area contributed by atoms with E-state index in [1.54, 1.807) is 0 Å². The van der Waals surface area contributed by atoms with E-state index in [0.717, 1.165) is 19.3 Å². The summed E-state index contributed by atoms with van der Waals surface area (Å²) in [6.45, 7) is 2.23. The first-order chi connectivity index (χ1) is 13.6. The van der Waals surface area contributed by atoms with E-state index in [2.05, 4.69) is 11.7 Å². The molecule has 0 rings (SSSR count). The van der Waals surface area contributed by atoms with Crippen LogP contribution in [-0.4, -0.2) is 26.2 Å². The second-order valence-electron chi connectivity index (χ2n) is 8.10. The van der Waals surface area contributed by atoms with Gasteiger partial charge in [0.25, 0.3) is 0 Å². The van der Waals surface area contributed by atoms with Crippen LogP contribution in [0.3, 0.4) is 0 Å². The first kappa shape index (κ1) is 26.9. The molecule has 1 atom stereocenters. The zero-order chi connectivity index (χ0) is 20.9. The van der Waals surface area contributed by atoms with Crippen molar-refractivity contribution in [2.45, 2.75) is 122 Å². The van der Waals surface area contributed by atoms with E-state index in [9.17, 15) is 9.59 Å². The standard InChI is InChI=1S/C24H46O4/c1-4-22(20-21-24(26)28-3)18-16-14-12-10-8-6-5-7-9-11-13-15-17-19-23(25)27-2/h22H,4-21H2,1-3H3. The van der Waals surface area contributed by atoms with Crippen molar-refractivity contribution in [3.8, 4) is 0 Å². The van der Waals surface area contributed by atoms with Crippen LogP contribution in [0.4, 0.5) is 0 Å². The second-order valence-corrected chi connectivity index (χ2v) is 8.10. The van der Waals surface area contributed by atoms with Gasteiger partial charge >= 0.3 is 11.9 Å². The summed E-state index contributed by atoms with van der Waals surface area (Å²) in [6.07, 6.45) is 21.4. The molecule has 28 heavy (non-hydrogen) atoms. The molecule has 0 aliphatic carbocycles. The number of carbonyl (C=O) groups is 2. The maximum Gasteiger partial charge on any atom is 0.305 e. The predicted molar refractivity (Wildman–Crippen MR) is 116 cm³/mol. The minimum absolute atomic E-state index is 0.0722. The molecule has 0 fully saturated rings. The van der Waals surface area contributed by atoms with Crippen molar-refractivity contribution in [2.24, 2.45) is 5.92 Å². The smallest absolute Gasteiger partial charge is 0.305 e. The minimum atomic E-state index is -0.0799. The van der Waals surface area contributed by atoms with Crippen molar-refractivity contribution < 1.29 is 19.1 Å². The van der Waals surface area contributed by atoms with Crippen molar-refractivity contribution in [2.75, 3.05) is 14.2 Å². The third-order valence-corrected chi connectivity index (χ3v) is 5.78. The Kier molecular flexibility index (Phi) is 19.9. The fourth-order valence-electron chi connectivity index (χ4n) is 3.73. The minimum Gasteiger partial charge on any atom is -0.469 e. The van der Waals surface area contributed by atoms with Gasteiger partial charge in [0.1, 0.15) is 0 Å². The highest BCUT2D eigenvalue weighted by Gasteiger charge is 2.09. The summed E-state index contributed by atoms with van der Waals surface area (Å²) in [7, 11) is 2.93. The highest BCUT2D eigenvalue weighted by molar-refractivity contribution is 5.69. The van der Waals surface area contributed by atoms with Gasteiger partial charge in [0.05, 0.1) is 14.2 Å². The molecule has 0 aromatic rings. The van der Waals surface area contributed by atoms with E-state index in [-0.39, 0.29) is 11.9 Å². The molecule has 4 heteroatoms. The molecule has 0 amide bonds. The van der Waals surface area contributed by atoms with Crippen LogP contribution in [0.5, 0.6) is 0 Å². The average molecular weight is 399 g/mol. The first-order valence-corrected chi connectivity index (χ1v) is 11.8. The van der Waals surface area contributed by atoms with Gasteiger partial charge in [-0.05, 0) is 18.8 Å². The summed E-state index contributed by atoms with van der Waals surface area (Å²) in [6, 6.07) is 0. The van der Waals surface area contributed by atoms with Crippen LogP contribution >= 0.6 is 0 Å². The molecule has 0 heterocycles. The summed E-state index contributed by atoms with van der Waals surface area (Å²) in [5.41, 5.74) is 0. The van der Waals surface area contributed by atoms with Crippen LogP contribution in [0.25, 0.3) is 0 Å². The Labute approximate surface area is 174 Å². The lowest BCUT2D eigenvalue weighted by atomic mass is 9.93. The number of ether oxygens (including phenoxy) is 2. The third-order valence-electron chi connectivity index (χ3n) is 5.78. The fraction of sp³-hybridized carbons (Fsp3) is 0.917. The van der Waals surface area contributed by atoms with E-state index < -0.39 is 0 Å². The van der Waals surface area contributed by atoms with Crippen molar-refractivity contribution in [3.63, 3.8) is 0 Å². The largest absolute Gasteiger partial charge is 0.469 e. The topological polar surface area (TPSA) is 52.6 Å². The Morgan fingerprint density at radius 2 is 0.964 bits per heavy atom. The molecule has 0 radical (unpaired) electrons. The van der Waals surface area contributed by atoms with Crippen LogP contribution in [0, 0.1) is 5.92 Å². The zero-order valence-electron chi connectivity index (χ0n) is 18.9. The molecule has 0 aliphatic rings. The molecule has 0 aromatic carbocycles. The number of rotatable bonds is 20. The van der Waals surface area contributed by atoms with E-state index in [1.165, 1.54) is 97.7 Å². The van der Waals surface area contributed by atoms with Gasteiger partial charge in [-0.15, -0.1) is 0 Å². The Morgan fingerprint density at radius 3 is 1.39 bits per heavy atom. The van der Waals surface area contributed by atoms with Crippen molar-refractivity contribution in [3.05, 3.63) is 0 Å². The van der Waals surface area contributed by atoms with Crippen molar-refractivity contribution in [1.82, 2.24) is 0 Å². The maximum atomic E-state index is 11.2. The molecule has 0 saturated carbocycles. The van der Waals surface area contributed by atoms with Crippen LogP contribution < -0.4 is 0 Å². The monoisotopic (exact) mass is 398 g/mol. The number of hydrogen-bond donors (Lipinski definition) is 0. The zero-order valence-corrected chi connectivity index (χ0v) is 18.9. The molecule has 0 saturated heterocycles. The number of hydrogen-bond acceptors (Lipinski definition) is 4. The number of unbranched alkanes of at least 4 members (excludes halogenated alkanes) is 12. The Balaban J connectivity index is 3.26. The maximum absolute atomic E-state index is 11.2. The van der Waals surface area contributed by atoms with E-state index in [1.807, 2.05) is 0 Å². The molecular weight excluding hydrogens is 352 g/mol. The van der Waals surface area contributed by atoms with Gasteiger partial charge in [0.2, 0.25) is 0 Å². The fourth-order valence-corrected chi connectivity index (χ4v) is 3.73. The molecular formula is C24H46O4. The Hall–Kier alpha value is -1.06. The quantitative estimate of drug-likeness (QED) is 0.164. The van der Waals surface area contributed by atoms with Gasteiger partial charge in [0, 0.05) is 12.8 Å². The second kappa shape index (κ2) is 20.7. The predicted octanol–water partition coefficient (Wildman–Crippen LogP) is 6.99. The van der Waals surface area contributed by atoms with Gasteiger partial charge in [0.15, 0.2) is 0 Å². The summed E-state index contributed by atoms with van der Waals surface area (Å²) in [5.74, 6) is 0.528. The third kappa shape index (κ3) is 18.3. The normalized spacial score (nSPS) is 12.0. The molecule has 4 nitrogen and oxygen atoms in total. The van der Waals surface area contributed by atoms with E-state index >= 15 is 0 Å². The Morgan fingerprint density at radius 1 is 0.571 bits per heavy atom. The lowest BCUT2D eigenvalue weighted by molar-refractivity contribution is -0.141. The molecule has 0 aromatic heterocycles. The summed E-state index contributed by atoms with van der Waals surface area (Å²) < 4.78 is 9.38. The van der Waals surface area contributed by atoms with Crippen LogP contribution in [-0.2, 0) is 19.1 Å². The van der Waals surface area contributed by atoms with Crippen molar-refractivity contribution in [1.29, 1.82) is 0 Å². The van der Waals surface area contributed by atoms with Crippen molar-refractivity contribution >= 4 is 11.9 Å². The number of carbonyl (C=O) groups excluding carboxylic acids is 2. The van der Waals surface area contributed by atoms with Crippen LogP contribution in [0.1, 0.15) is 122 Å². The first-order valence-electron chi connectivity index (χ1n) is 11.8.